The van der Waals surface area contributed by atoms with Crippen molar-refractivity contribution in [3.63, 3.8) is 0 Å². The molecule has 6 heteroatoms. The summed E-state index contributed by atoms with van der Waals surface area (Å²) in [5.74, 6) is 0.361. The summed E-state index contributed by atoms with van der Waals surface area (Å²) in [6.45, 7) is 0. The van der Waals surface area contributed by atoms with Crippen LogP contribution in [0.15, 0.2) is 17.2 Å². The summed E-state index contributed by atoms with van der Waals surface area (Å²) in [4.78, 5) is 13.2. The van der Waals surface area contributed by atoms with Crippen molar-refractivity contribution in [2.75, 3.05) is 7.11 Å². The van der Waals surface area contributed by atoms with E-state index in [1.165, 1.54) is 19.2 Å². The van der Waals surface area contributed by atoms with Crippen LogP contribution in [-0.2, 0) is 0 Å². The number of rotatable bonds is 3. The number of methoxy groups -OCH3 is 1. The van der Waals surface area contributed by atoms with Gasteiger partial charge in [-0.15, -0.1) is 0 Å². The van der Waals surface area contributed by atoms with Gasteiger partial charge in [0.25, 0.3) is 0 Å². The molecule has 0 radical (unpaired) electrons. The predicted octanol–water partition coefficient (Wildman–Crippen LogP) is 3.10. The van der Waals surface area contributed by atoms with Gasteiger partial charge in [0, 0.05) is 10.5 Å². The predicted molar refractivity (Wildman–Crippen MR) is 52.2 cm³/mol. The second-order valence-electron chi connectivity index (χ2n) is 2.35. The van der Waals surface area contributed by atoms with Crippen LogP contribution in [-0.4, -0.2) is 13.4 Å². The van der Waals surface area contributed by atoms with E-state index in [-0.39, 0.29) is 11.3 Å². The second-order valence-corrected chi connectivity index (χ2v) is 2.76. The minimum atomic E-state index is 0.198. The van der Waals surface area contributed by atoms with Crippen LogP contribution in [0.25, 0.3) is 10.4 Å². The number of carbonyl (C=O) groups excluding carboxylic acids is 1. The molecule has 0 aliphatic carbocycles. The van der Waals surface area contributed by atoms with Crippen LogP contribution in [0.4, 0.5) is 5.69 Å². The van der Waals surface area contributed by atoms with Gasteiger partial charge in [-0.05, 0) is 17.7 Å². The van der Waals surface area contributed by atoms with Crippen molar-refractivity contribution in [3.05, 3.63) is 33.2 Å². The Morgan fingerprint density at radius 1 is 1.64 bits per heavy atom. The number of hydrogen-bond donors (Lipinski definition) is 0. The molecule has 0 N–H and O–H groups in total. The number of nitrogens with zero attached hydrogens (tertiary/aromatic N) is 3. The minimum Gasteiger partial charge on any atom is -0.495 e. The van der Waals surface area contributed by atoms with Gasteiger partial charge in [-0.25, -0.2) is 0 Å². The Hall–Kier alpha value is -1.71. The standard InChI is InChI=1S/C8H6ClN3O2/c1-14-8-3-7(11-12-10)5(4-13)2-6(8)9/h2-4H,1H3. The van der Waals surface area contributed by atoms with Gasteiger partial charge in [0.2, 0.25) is 0 Å². The average molecular weight is 212 g/mol. The number of benzene rings is 1. The van der Waals surface area contributed by atoms with E-state index in [2.05, 4.69) is 10.0 Å². The molecule has 1 rings (SSSR count). The molecule has 0 aliphatic rings. The lowest BCUT2D eigenvalue weighted by atomic mass is 10.2. The maximum absolute atomic E-state index is 10.6. The zero-order valence-corrected chi connectivity index (χ0v) is 8.02. The Kier molecular flexibility index (Phi) is 3.34. The van der Waals surface area contributed by atoms with Gasteiger partial charge in [0.15, 0.2) is 6.29 Å². The molecule has 72 valence electrons. The number of aldehydes is 1. The third kappa shape index (κ3) is 1.96. The summed E-state index contributed by atoms with van der Waals surface area (Å²) in [6.07, 6.45) is 0.565. The van der Waals surface area contributed by atoms with E-state index in [0.717, 1.165) is 0 Å². The molecule has 0 unspecified atom stereocenters. The van der Waals surface area contributed by atoms with Gasteiger partial charge in [-0.3, -0.25) is 4.79 Å². The summed E-state index contributed by atoms with van der Waals surface area (Å²) in [7, 11) is 1.43. The van der Waals surface area contributed by atoms with Gasteiger partial charge in [-0.2, -0.15) is 0 Å². The van der Waals surface area contributed by atoms with Crippen molar-refractivity contribution in [2.24, 2.45) is 5.11 Å². The molecule has 1 aromatic carbocycles. The van der Waals surface area contributed by atoms with E-state index in [0.29, 0.717) is 17.1 Å². The maximum atomic E-state index is 10.6. The molecule has 0 heterocycles. The maximum Gasteiger partial charge on any atom is 0.150 e. The van der Waals surface area contributed by atoms with Crippen LogP contribution in [0.5, 0.6) is 5.75 Å². The Morgan fingerprint density at radius 3 is 2.86 bits per heavy atom. The van der Waals surface area contributed by atoms with Crippen LogP contribution in [0.3, 0.4) is 0 Å². The Labute approximate surface area is 84.9 Å². The lowest BCUT2D eigenvalue weighted by molar-refractivity contribution is 0.112. The molecule has 1 aromatic rings. The summed E-state index contributed by atoms with van der Waals surface area (Å²) in [5.41, 5.74) is 8.67. The SMILES string of the molecule is COc1cc(N=[N+]=[N-])c(C=O)cc1Cl. The zero-order valence-electron chi connectivity index (χ0n) is 7.27. The van der Waals surface area contributed by atoms with Crippen molar-refractivity contribution in [3.8, 4) is 5.75 Å². The van der Waals surface area contributed by atoms with Crippen LogP contribution in [0, 0.1) is 0 Å². The number of carbonyl (C=O) groups is 1. The van der Waals surface area contributed by atoms with Gasteiger partial charge < -0.3 is 4.74 Å². The van der Waals surface area contributed by atoms with E-state index < -0.39 is 0 Å². The van der Waals surface area contributed by atoms with Gasteiger partial charge >= 0.3 is 0 Å². The van der Waals surface area contributed by atoms with E-state index in [9.17, 15) is 4.79 Å². The molecule has 0 fully saturated rings. The highest BCUT2D eigenvalue weighted by atomic mass is 35.5. The molecule has 0 saturated heterocycles. The van der Waals surface area contributed by atoms with Gasteiger partial charge in [0.05, 0.1) is 17.8 Å². The first kappa shape index (κ1) is 10.4. The molecular weight excluding hydrogens is 206 g/mol. The fourth-order valence-corrected chi connectivity index (χ4v) is 1.19. The van der Waals surface area contributed by atoms with E-state index in [1.54, 1.807) is 0 Å². The second kappa shape index (κ2) is 4.50. The number of hydrogen-bond acceptors (Lipinski definition) is 3. The highest BCUT2D eigenvalue weighted by molar-refractivity contribution is 6.32. The highest BCUT2D eigenvalue weighted by Gasteiger charge is 2.06. The van der Waals surface area contributed by atoms with E-state index >= 15 is 0 Å². The first-order valence-corrected chi connectivity index (χ1v) is 3.98. The monoisotopic (exact) mass is 211 g/mol. The lowest BCUT2D eigenvalue weighted by Gasteiger charge is -2.05. The molecule has 0 amide bonds. The number of halogens is 1. The fraction of sp³-hybridized carbons (Fsp3) is 0.125. The van der Waals surface area contributed by atoms with Crippen molar-refractivity contribution in [2.45, 2.75) is 0 Å². The third-order valence-electron chi connectivity index (χ3n) is 1.58. The minimum absolute atomic E-state index is 0.198. The van der Waals surface area contributed by atoms with Crippen LogP contribution in [0.1, 0.15) is 10.4 Å². The third-order valence-corrected chi connectivity index (χ3v) is 1.88. The average Bonchev–Trinajstić information content (AvgIpc) is 2.20. The number of azide groups is 1. The molecule has 0 aromatic heterocycles. The van der Waals surface area contributed by atoms with Crippen LogP contribution < -0.4 is 4.74 Å². The van der Waals surface area contributed by atoms with Crippen molar-refractivity contribution >= 4 is 23.6 Å². The van der Waals surface area contributed by atoms with Crippen molar-refractivity contribution < 1.29 is 9.53 Å². The summed E-state index contributed by atoms with van der Waals surface area (Å²) in [5, 5.41) is 3.64. The van der Waals surface area contributed by atoms with Gasteiger partial charge in [0.1, 0.15) is 5.75 Å². The molecule has 14 heavy (non-hydrogen) atoms. The smallest absolute Gasteiger partial charge is 0.150 e. The topological polar surface area (TPSA) is 75.1 Å². The Bertz CT molecular complexity index is 413. The van der Waals surface area contributed by atoms with E-state index in [4.69, 9.17) is 21.9 Å². The lowest BCUT2D eigenvalue weighted by Crippen LogP contribution is -1.87. The normalized spacial score (nSPS) is 9.00. The molecule has 0 spiro atoms. The molecule has 0 aliphatic heterocycles. The Balaban J connectivity index is 3.38. The van der Waals surface area contributed by atoms with Gasteiger partial charge in [-0.1, -0.05) is 16.7 Å². The first-order valence-electron chi connectivity index (χ1n) is 3.60. The van der Waals surface area contributed by atoms with Crippen LogP contribution >= 0.6 is 11.6 Å². The quantitative estimate of drug-likeness (QED) is 0.333. The summed E-state index contributed by atoms with van der Waals surface area (Å²) < 4.78 is 4.90. The van der Waals surface area contributed by atoms with Crippen molar-refractivity contribution in [1.29, 1.82) is 0 Å². The molecule has 0 bridgehead atoms. The Morgan fingerprint density at radius 2 is 2.36 bits per heavy atom. The first-order chi connectivity index (χ1) is 6.72. The fourth-order valence-electron chi connectivity index (χ4n) is 0.944. The number of ether oxygens (including phenoxy) is 1. The van der Waals surface area contributed by atoms with Crippen LogP contribution in [0.2, 0.25) is 5.02 Å². The molecule has 0 atom stereocenters. The molecule has 0 saturated carbocycles. The van der Waals surface area contributed by atoms with E-state index in [1.807, 2.05) is 0 Å². The largest absolute Gasteiger partial charge is 0.495 e. The molecular formula is C8H6ClN3O2. The van der Waals surface area contributed by atoms with Crippen molar-refractivity contribution in [1.82, 2.24) is 0 Å². The zero-order chi connectivity index (χ0) is 10.6. The summed E-state index contributed by atoms with van der Waals surface area (Å²) >= 11 is 5.76. The molecule has 5 nitrogen and oxygen atoms in total. The summed E-state index contributed by atoms with van der Waals surface area (Å²) in [6, 6.07) is 2.79. The highest BCUT2D eigenvalue weighted by Crippen LogP contribution is 2.31.